The second-order valence-corrected chi connectivity index (χ2v) is 6.39. The first-order valence-corrected chi connectivity index (χ1v) is 8.19. The maximum absolute atomic E-state index is 13.3. The zero-order chi connectivity index (χ0) is 16.2. The predicted octanol–water partition coefficient (Wildman–Crippen LogP) is 2.33. The number of nitrogens with one attached hydrogen (secondary N) is 2. The molecule has 0 aromatic carbocycles. The van der Waals surface area contributed by atoms with Gasteiger partial charge in [-0.15, -0.1) is 12.4 Å². The summed E-state index contributed by atoms with van der Waals surface area (Å²) in [5, 5.41) is 5.65. The van der Waals surface area contributed by atoms with E-state index in [1.165, 1.54) is 4.90 Å². The number of piperazine rings is 1. The number of carbonyl (C=O) groups excluding carboxylic acids is 1. The number of hydrogen-bond acceptors (Lipinski definition) is 3. The third-order valence-corrected chi connectivity index (χ3v) is 5.15. The molecule has 23 heavy (non-hydrogen) atoms. The van der Waals surface area contributed by atoms with E-state index in [0.717, 1.165) is 25.7 Å². The van der Waals surface area contributed by atoms with Gasteiger partial charge in [-0.05, 0) is 19.3 Å². The quantitative estimate of drug-likeness (QED) is 0.793. The van der Waals surface area contributed by atoms with Crippen LogP contribution in [0.15, 0.2) is 0 Å². The van der Waals surface area contributed by atoms with Gasteiger partial charge >= 0.3 is 6.18 Å². The van der Waals surface area contributed by atoms with E-state index in [1.807, 2.05) is 6.92 Å². The molecule has 1 aliphatic heterocycles. The Kier molecular flexibility index (Phi) is 7.61. The summed E-state index contributed by atoms with van der Waals surface area (Å²) in [4.78, 5) is 13.8. The molecule has 0 radical (unpaired) electrons. The minimum atomic E-state index is -4.32. The summed E-state index contributed by atoms with van der Waals surface area (Å²) in [7, 11) is 0. The van der Waals surface area contributed by atoms with Crippen LogP contribution in [0, 0.1) is 5.41 Å². The van der Waals surface area contributed by atoms with E-state index in [-0.39, 0.29) is 24.9 Å². The lowest BCUT2D eigenvalue weighted by atomic mass is 9.82. The van der Waals surface area contributed by atoms with Crippen LogP contribution in [0.25, 0.3) is 0 Å². The minimum absolute atomic E-state index is 0. The Balaban J connectivity index is 0.00000264. The van der Waals surface area contributed by atoms with Gasteiger partial charge in [-0.2, -0.15) is 13.2 Å². The molecular formula is C15H27ClF3N3O. The molecule has 4 nitrogen and oxygen atoms in total. The van der Waals surface area contributed by atoms with E-state index in [0.29, 0.717) is 32.6 Å². The Morgan fingerprint density at radius 1 is 1.26 bits per heavy atom. The number of hydrogen-bond donors (Lipinski definition) is 2. The van der Waals surface area contributed by atoms with E-state index in [2.05, 4.69) is 10.6 Å². The van der Waals surface area contributed by atoms with Gasteiger partial charge in [0.2, 0.25) is 5.91 Å². The molecule has 0 spiro atoms. The Hall–Kier alpha value is -0.530. The van der Waals surface area contributed by atoms with Crippen molar-refractivity contribution in [2.75, 3.05) is 32.7 Å². The standard InChI is InChI=1S/C15H26F3N3O.ClH/c1-2-14(5-3-4-6-14)13(22)20-11-12(15(16,17)18)21-9-7-19-8-10-21;/h12,19H,2-11H2,1H3,(H,20,22);1H. The molecular weight excluding hydrogens is 331 g/mol. The highest BCUT2D eigenvalue weighted by Crippen LogP contribution is 2.41. The van der Waals surface area contributed by atoms with Gasteiger partial charge in [0.15, 0.2) is 0 Å². The average molecular weight is 358 g/mol. The van der Waals surface area contributed by atoms with Crippen molar-refractivity contribution in [3.8, 4) is 0 Å². The van der Waals surface area contributed by atoms with Crippen molar-refractivity contribution in [1.29, 1.82) is 0 Å². The van der Waals surface area contributed by atoms with Gasteiger partial charge < -0.3 is 10.6 Å². The SMILES string of the molecule is CCC1(C(=O)NCC(N2CCNCC2)C(F)(F)F)CCCC1.Cl. The molecule has 2 aliphatic rings. The summed E-state index contributed by atoms with van der Waals surface area (Å²) >= 11 is 0. The van der Waals surface area contributed by atoms with Crippen LogP contribution in [0.4, 0.5) is 13.2 Å². The number of carbonyl (C=O) groups is 1. The average Bonchev–Trinajstić information content (AvgIpc) is 2.97. The topological polar surface area (TPSA) is 44.4 Å². The summed E-state index contributed by atoms with van der Waals surface area (Å²) in [6.45, 7) is 3.43. The largest absolute Gasteiger partial charge is 0.405 e. The third-order valence-electron chi connectivity index (χ3n) is 5.15. The number of rotatable bonds is 5. The Labute approximate surface area is 142 Å². The summed E-state index contributed by atoms with van der Waals surface area (Å²) in [5.74, 6) is -0.197. The van der Waals surface area contributed by atoms with E-state index < -0.39 is 17.6 Å². The van der Waals surface area contributed by atoms with Crippen LogP contribution in [0.3, 0.4) is 0 Å². The molecule has 2 N–H and O–H groups in total. The highest BCUT2D eigenvalue weighted by molar-refractivity contribution is 5.85. The maximum atomic E-state index is 13.3. The highest BCUT2D eigenvalue weighted by Gasteiger charge is 2.45. The van der Waals surface area contributed by atoms with Gasteiger partial charge in [-0.25, -0.2) is 0 Å². The monoisotopic (exact) mass is 357 g/mol. The molecule has 1 amide bonds. The number of amides is 1. The van der Waals surface area contributed by atoms with Gasteiger partial charge in [0.05, 0.1) is 0 Å². The van der Waals surface area contributed by atoms with Crippen LogP contribution in [0.5, 0.6) is 0 Å². The van der Waals surface area contributed by atoms with Crippen molar-refractivity contribution in [2.45, 2.75) is 51.2 Å². The minimum Gasteiger partial charge on any atom is -0.354 e. The van der Waals surface area contributed by atoms with Crippen LogP contribution in [0.2, 0.25) is 0 Å². The van der Waals surface area contributed by atoms with Gasteiger partial charge in [0, 0.05) is 38.1 Å². The molecule has 0 bridgehead atoms. The van der Waals surface area contributed by atoms with Crippen molar-refractivity contribution in [1.82, 2.24) is 15.5 Å². The fourth-order valence-electron chi connectivity index (χ4n) is 3.62. The van der Waals surface area contributed by atoms with Crippen molar-refractivity contribution in [2.24, 2.45) is 5.41 Å². The van der Waals surface area contributed by atoms with Gasteiger partial charge in [-0.3, -0.25) is 9.69 Å². The van der Waals surface area contributed by atoms with Crippen LogP contribution < -0.4 is 10.6 Å². The van der Waals surface area contributed by atoms with Gasteiger partial charge in [-0.1, -0.05) is 19.8 Å². The molecule has 1 heterocycles. The molecule has 1 unspecified atom stereocenters. The second kappa shape index (κ2) is 8.53. The lowest BCUT2D eigenvalue weighted by Crippen LogP contribution is -2.58. The van der Waals surface area contributed by atoms with Gasteiger partial charge in [0.25, 0.3) is 0 Å². The highest BCUT2D eigenvalue weighted by atomic mass is 35.5. The molecule has 2 rings (SSSR count). The molecule has 1 aliphatic carbocycles. The zero-order valence-corrected chi connectivity index (χ0v) is 14.4. The molecule has 136 valence electrons. The summed E-state index contributed by atoms with van der Waals surface area (Å²) in [5.41, 5.74) is -0.445. The molecule has 8 heteroatoms. The molecule has 1 saturated carbocycles. The first-order chi connectivity index (χ1) is 10.4. The fraction of sp³-hybridized carbons (Fsp3) is 0.933. The Bertz CT molecular complexity index is 381. The van der Waals surface area contributed by atoms with E-state index >= 15 is 0 Å². The first-order valence-electron chi connectivity index (χ1n) is 8.19. The maximum Gasteiger partial charge on any atom is 0.405 e. The summed E-state index contributed by atoms with van der Waals surface area (Å²) in [6, 6.07) is -1.59. The Morgan fingerprint density at radius 3 is 2.30 bits per heavy atom. The van der Waals surface area contributed by atoms with Crippen molar-refractivity contribution in [3.63, 3.8) is 0 Å². The van der Waals surface area contributed by atoms with Crippen LogP contribution in [-0.4, -0.2) is 55.7 Å². The van der Waals surface area contributed by atoms with E-state index in [1.54, 1.807) is 0 Å². The molecule has 0 aromatic rings. The zero-order valence-electron chi connectivity index (χ0n) is 13.5. The van der Waals surface area contributed by atoms with Crippen LogP contribution in [0.1, 0.15) is 39.0 Å². The van der Waals surface area contributed by atoms with E-state index in [9.17, 15) is 18.0 Å². The van der Waals surface area contributed by atoms with Crippen molar-refractivity contribution in [3.05, 3.63) is 0 Å². The summed E-state index contributed by atoms with van der Waals surface area (Å²) < 4.78 is 39.9. The number of alkyl halides is 3. The first kappa shape index (κ1) is 20.5. The van der Waals surface area contributed by atoms with Crippen molar-refractivity contribution >= 4 is 18.3 Å². The smallest absolute Gasteiger partial charge is 0.354 e. The second-order valence-electron chi connectivity index (χ2n) is 6.39. The lowest BCUT2D eigenvalue weighted by Gasteiger charge is -2.36. The Morgan fingerprint density at radius 2 is 1.83 bits per heavy atom. The predicted molar refractivity (Wildman–Crippen MR) is 85.7 cm³/mol. The molecule has 0 aromatic heterocycles. The number of halogens is 4. The van der Waals surface area contributed by atoms with Gasteiger partial charge in [0.1, 0.15) is 6.04 Å². The molecule has 1 atom stereocenters. The van der Waals surface area contributed by atoms with Crippen molar-refractivity contribution < 1.29 is 18.0 Å². The lowest BCUT2D eigenvalue weighted by molar-refractivity contribution is -0.184. The number of nitrogens with zero attached hydrogens (tertiary/aromatic N) is 1. The van der Waals surface area contributed by atoms with Crippen LogP contribution in [-0.2, 0) is 4.79 Å². The summed E-state index contributed by atoms with van der Waals surface area (Å²) in [6.07, 6.45) is -0.0639. The molecule has 1 saturated heterocycles. The van der Waals surface area contributed by atoms with E-state index in [4.69, 9.17) is 0 Å². The normalized spacial score (nSPS) is 23.1. The fourth-order valence-corrected chi connectivity index (χ4v) is 3.62. The van der Waals surface area contributed by atoms with Crippen LogP contribution >= 0.6 is 12.4 Å². The molecule has 2 fully saturated rings. The third kappa shape index (κ3) is 4.97.